The first-order valence-electron chi connectivity index (χ1n) is 12.3. The van der Waals surface area contributed by atoms with Gasteiger partial charge in [0, 0.05) is 5.92 Å². The molecule has 0 unspecified atom stereocenters. The molecule has 0 radical (unpaired) electrons. The summed E-state index contributed by atoms with van der Waals surface area (Å²) in [4.78, 5) is 24.9. The van der Waals surface area contributed by atoms with E-state index in [0.717, 1.165) is 31.6 Å². The third-order valence-electron chi connectivity index (χ3n) is 9.83. The van der Waals surface area contributed by atoms with Gasteiger partial charge in [-0.1, -0.05) is 37.6 Å². The van der Waals surface area contributed by atoms with Crippen LogP contribution in [0.2, 0.25) is 0 Å². The number of esters is 1. The van der Waals surface area contributed by atoms with Crippen LogP contribution in [0.5, 0.6) is 0 Å². The van der Waals surface area contributed by atoms with E-state index in [1.54, 1.807) is 0 Å². The Morgan fingerprint density at radius 2 is 1.71 bits per heavy atom. The van der Waals surface area contributed by atoms with E-state index in [2.05, 4.69) is 19.9 Å². The highest BCUT2D eigenvalue weighted by atomic mass is 16.5. The Bertz CT molecular complexity index is 902. The Morgan fingerprint density at radius 1 is 0.935 bits per heavy atom. The largest absolute Gasteiger partial charge is 0.455 e. The van der Waals surface area contributed by atoms with Crippen LogP contribution in [0.25, 0.3) is 0 Å². The molecular formula is C28H36O3. The van der Waals surface area contributed by atoms with Crippen molar-refractivity contribution in [3.63, 3.8) is 0 Å². The Balaban J connectivity index is 1.34. The minimum Gasteiger partial charge on any atom is -0.455 e. The average Bonchev–Trinajstić information content (AvgIpc) is 3.12. The molecule has 0 amide bonds. The second-order valence-electron chi connectivity index (χ2n) is 11.2. The summed E-state index contributed by atoms with van der Waals surface area (Å²) in [6.45, 7) is 6.71. The van der Waals surface area contributed by atoms with Gasteiger partial charge in [-0.05, 0) is 105 Å². The summed E-state index contributed by atoms with van der Waals surface area (Å²) in [6, 6.07) is 9.32. The lowest BCUT2D eigenvalue weighted by molar-refractivity contribution is -0.127. The predicted molar refractivity (Wildman–Crippen MR) is 122 cm³/mol. The highest BCUT2D eigenvalue weighted by Gasteiger charge is 2.59. The summed E-state index contributed by atoms with van der Waals surface area (Å²) in [5.41, 5.74) is 2.60. The molecular weight excluding hydrogens is 384 g/mol. The molecule has 0 bridgehead atoms. The summed E-state index contributed by atoms with van der Waals surface area (Å²) in [5, 5.41) is 0. The molecule has 5 rings (SSSR count). The molecule has 3 fully saturated rings. The van der Waals surface area contributed by atoms with Crippen LogP contribution in [0, 0.1) is 34.5 Å². The molecule has 1 aromatic rings. The van der Waals surface area contributed by atoms with Crippen LogP contribution in [-0.2, 0) is 9.53 Å². The van der Waals surface area contributed by atoms with E-state index in [4.69, 9.17) is 4.74 Å². The van der Waals surface area contributed by atoms with Crippen LogP contribution >= 0.6 is 0 Å². The normalized spacial score (nSPS) is 41.4. The van der Waals surface area contributed by atoms with Crippen LogP contribution in [0.15, 0.2) is 42.0 Å². The van der Waals surface area contributed by atoms with Gasteiger partial charge in [0.05, 0.1) is 5.56 Å². The van der Waals surface area contributed by atoms with Crippen molar-refractivity contribution in [3.05, 3.63) is 47.5 Å². The van der Waals surface area contributed by atoms with Crippen LogP contribution in [0.1, 0.15) is 82.5 Å². The summed E-state index contributed by atoms with van der Waals surface area (Å²) < 4.78 is 5.88. The Labute approximate surface area is 186 Å². The van der Waals surface area contributed by atoms with Gasteiger partial charge in [0.2, 0.25) is 0 Å². The number of rotatable bonds is 3. The lowest BCUT2D eigenvalue weighted by Crippen LogP contribution is -2.51. The van der Waals surface area contributed by atoms with Crippen molar-refractivity contribution in [1.29, 1.82) is 0 Å². The van der Waals surface area contributed by atoms with Crippen LogP contribution in [-0.4, -0.2) is 17.9 Å². The zero-order chi connectivity index (χ0) is 21.8. The molecule has 4 aliphatic carbocycles. The van der Waals surface area contributed by atoms with Crippen molar-refractivity contribution < 1.29 is 14.3 Å². The summed E-state index contributed by atoms with van der Waals surface area (Å²) in [6.07, 6.45) is 11.3. The minimum atomic E-state index is -0.214. The number of benzene rings is 1. The van der Waals surface area contributed by atoms with Crippen molar-refractivity contribution in [2.45, 2.75) is 78.2 Å². The van der Waals surface area contributed by atoms with E-state index in [1.807, 2.05) is 37.3 Å². The van der Waals surface area contributed by atoms with Crippen molar-refractivity contribution >= 4 is 11.8 Å². The van der Waals surface area contributed by atoms with Gasteiger partial charge in [0.25, 0.3) is 0 Å². The molecule has 166 valence electrons. The fourth-order valence-electron chi connectivity index (χ4n) is 8.24. The van der Waals surface area contributed by atoms with Gasteiger partial charge in [0.1, 0.15) is 11.9 Å². The lowest BCUT2D eigenvalue weighted by atomic mass is 9.46. The van der Waals surface area contributed by atoms with Crippen molar-refractivity contribution in [2.24, 2.45) is 34.5 Å². The average molecular weight is 421 g/mol. The molecule has 1 aromatic carbocycles. The highest BCUT2D eigenvalue weighted by molar-refractivity contribution is 5.89. The third-order valence-corrected chi connectivity index (χ3v) is 9.83. The number of allylic oxidation sites excluding steroid dienone is 1. The molecule has 0 saturated heterocycles. The van der Waals surface area contributed by atoms with E-state index in [9.17, 15) is 9.59 Å². The van der Waals surface area contributed by atoms with E-state index < -0.39 is 0 Å². The third kappa shape index (κ3) is 3.31. The molecule has 0 aliphatic heterocycles. The van der Waals surface area contributed by atoms with Gasteiger partial charge in [-0.3, -0.25) is 4.79 Å². The first kappa shape index (κ1) is 21.0. The van der Waals surface area contributed by atoms with Crippen LogP contribution in [0.4, 0.5) is 0 Å². The Hall–Kier alpha value is -1.90. The van der Waals surface area contributed by atoms with Crippen LogP contribution in [0.3, 0.4) is 0 Å². The number of hydrogen-bond acceptors (Lipinski definition) is 3. The number of carbonyl (C=O) groups is 2. The Kier molecular flexibility index (Phi) is 5.14. The topological polar surface area (TPSA) is 43.4 Å². The lowest BCUT2D eigenvalue weighted by Gasteiger charge is -2.58. The van der Waals surface area contributed by atoms with Gasteiger partial charge in [0.15, 0.2) is 0 Å². The van der Waals surface area contributed by atoms with Crippen LogP contribution < -0.4 is 0 Å². The number of Topliss-reactive ketones (excluding diaryl/α,β-unsaturated/α-hetero) is 1. The van der Waals surface area contributed by atoms with E-state index in [0.29, 0.717) is 23.2 Å². The fraction of sp³-hybridized carbons (Fsp3) is 0.643. The van der Waals surface area contributed by atoms with Gasteiger partial charge in [-0.2, -0.15) is 0 Å². The number of fused-ring (bicyclic) bond motifs is 5. The minimum absolute atomic E-state index is 0.102. The number of hydrogen-bond donors (Lipinski definition) is 0. The van der Waals surface area contributed by atoms with E-state index in [-0.39, 0.29) is 28.8 Å². The van der Waals surface area contributed by atoms with Crippen molar-refractivity contribution in [3.8, 4) is 0 Å². The number of carbonyl (C=O) groups excluding carboxylic acids is 2. The molecule has 3 heteroatoms. The summed E-state index contributed by atoms with van der Waals surface area (Å²) in [5.74, 6) is 2.63. The molecule has 0 heterocycles. The smallest absolute Gasteiger partial charge is 0.338 e. The predicted octanol–water partition coefficient (Wildman–Crippen LogP) is 6.38. The van der Waals surface area contributed by atoms with Gasteiger partial charge >= 0.3 is 5.97 Å². The fourth-order valence-corrected chi connectivity index (χ4v) is 8.24. The quantitative estimate of drug-likeness (QED) is 0.421. The molecule has 0 aromatic heterocycles. The van der Waals surface area contributed by atoms with Crippen molar-refractivity contribution in [1.82, 2.24) is 0 Å². The Morgan fingerprint density at radius 3 is 2.45 bits per heavy atom. The standard InChI is InChI=1S/C28H36O3/c1-18(29)23-11-12-24-22-10-9-20-17-21(31-26(30)19-7-5-4-6-8-19)13-15-27(20,2)25(22)14-16-28(23,24)3/h4-8,17,21-25H,9-16H2,1-3H3/t21-,22+,23-,24+,25+,27+,28-/m1/s1. The molecule has 3 saturated carbocycles. The summed E-state index contributed by atoms with van der Waals surface area (Å²) >= 11 is 0. The van der Waals surface area contributed by atoms with E-state index >= 15 is 0 Å². The number of ketones is 1. The van der Waals surface area contributed by atoms with Crippen molar-refractivity contribution in [2.75, 3.05) is 0 Å². The molecule has 0 spiro atoms. The first-order chi connectivity index (χ1) is 14.8. The second kappa shape index (κ2) is 7.60. The second-order valence-corrected chi connectivity index (χ2v) is 11.2. The monoisotopic (exact) mass is 420 g/mol. The highest BCUT2D eigenvalue weighted by Crippen LogP contribution is 2.66. The SMILES string of the molecule is CC(=O)[C@H]1CC[C@H]2[C@@H]3CCC4=C[C@H](OC(=O)c5ccccc5)CC[C@]4(C)[C@H]3CC[C@]12C. The maximum Gasteiger partial charge on any atom is 0.338 e. The molecule has 4 aliphatic rings. The molecule has 31 heavy (non-hydrogen) atoms. The zero-order valence-corrected chi connectivity index (χ0v) is 19.2. The first-order valence-corrected chi connectivity index (χ1v) is 12.3. The van der Waals surface area contributed by atoms with E-state index in [1.165, 1.54) is 31.3 Å². The van der Waals surface area contributed by atoms with Gasteiger partial charge < -0.3 is 4.74 Å². The number of ether oxygens (including phenoxy) is 1. The maximum atomic E-state index is 12.5. The maximum absolute atomic E-state index is 12.5. The molecule has 7 atom stereocenters. The van der Waals surface area contributed by atoms with Gasteiger partial charge in [-0.15, -0.1) is 0 Å². The van der Waals surface area contributed by atoms with Gasteiger partial charge in [-0.25, -0.2) is 4.79 Å². The molecule has 3 nitrogen and oxygen atoms in total. The summed E-state index contributed by atoms with van der Waals surface area (Å²) in [7, 11) is 0. The molecule has 0 N–H and O–H groups in total. The zero-order valence-electron chi connectivity index (χ0n) is 19.2.